The molecular weight excluding hydrogens is 260 g/mol. The van der Waals surface area contributed by atoms with Crippen LogP contribution in [-0.4, -0.2) is 37.6 Å². The third kappa shape index (κ3) is 3.11. The van der Waals surface area contributed by atoms with Gasteiger partial charge in [0.1, 0.15) is 12.4 Å². The number of pyridine rings is 1. The molecule has 106 valence electrons. The first-order chi connectivity index (χ1) is 9.47. The van der Waals surface area contributed by atoms with Gasteiger partial charge in [0.05, 0.1) is 5.56 Å². The number of carbonyl (C=O) groups is 2. The zero-order valence-corrected chi connectivity index (χ0v) is 11.3. The number of aliphatic carboxylic acids is 1. The molecule has 2 aromatic heterocycles. The van der Waals surface area contributed by atoms with E-state index in [0.29, 0.717) is 17.6 Å². The summed E-state index contributed by atoms with van der Waals surface area (Å²) in [5, 5.41) is 19.2. The normalized spacial score (nSPS) is 12.6. The predicted octanol–water partition coefficient (Wildman–Crippen LogP) is 0.958. The van der Waals surface area contributed by atoms with Crippen LogP contribution in [-0.2, 0) is 4.79 Å². The van der Waals surface area contributed by atoms with Crippen molar-refractivity contribution in [2.75, 3.05) is 0 Å². The third-order valence-electron chi connectivity index (χ3n) is 2.86. The van der Waals surface area contributed by atoms with Crippen molar-refractivity contribution in [3.63, 3.8) is 0 Å². The molecule has 0 fully saturated rings. The molecule has 7 nitrogen and oxygen atoms in total. The summed E-state index contributed by atoms with van der Waals surface area (Å²) in [6, 6.07) is 2.35. The number of nitrogens with one attached hydrogen (secondary N) is 1. The van der Waals surface area contributed by atoms with E-state index < -0.39 is 17.9 Å². The fourth-order valence-electron chi connectivity index (χ4n) is 1.90. The van der Waals surface area contributed by atoms with Gasteiger partial charge in [0.2, 0.25) is 0 Å². The van der Waals surface area contributed by atoms with Gasteiger partial charge < -0.3 is 10.4 Å². The summed E-state index contributed by atoms with van der Waals surface area (Å²) in [4.78, 5) is 23.2. The van der Waals surface area contributed by atoms with Gasteiger partial charge in [-0.1, -0.05) is 13.8 Å². The van der Waals surface area contributed by atoms with Gasteiger partial charge in [0, 0.05) is 6.20 Å². The van der Waals surface area contributed by atoms with E-state index in [9.17, 15) is 9.59 Å². The zero-order valence-electron chi connectivity index (χ0n) is 11.3. The molecular formula is C13H16N4O3. The second kappa shape index (κ2) is 5.68. The summed E-state index contributed by atoms with van der Waals surface area (Å²) in [5.41, 5.74) is 0.992. The van der Waals surface area contributed by atoms with Crippen LogP contribution in [0.3, 0.4) is 0 Å². The van der Waals surface area contributed by atoms with Crippen LogP contribution in [0.5, 0.6) is 0 Å². The standard InChI is InChI=1S/C13H16N4O3/c1-8(2)5-10(13(19)20)15-12(18)9-3-4-11-16-14-7-17(11)6-9/h3-4,6-8,10H,5H2,1-2H3,(H,15,18)(H,19,20)/t10-/m1/s1. The minimum atomic E-state index is -1.03. The van der Waals surface area contributed by atoms with Crippen LogP contribution in [0.15, 0.2) is 24.7 Å². The molecule has 0 aromatic carbocycles. The van der Waals surface area contributed by atoms with Crippen LogP contribution < -0.4 is 5.32 Å². The fraction of sp³-hybridized carbons (Fsp3) is 0.385. The van der Waals surface area contributed by atoms with Gasteiger partial charge in [-0.15, -0.1) is 10.2 Å². The summed E-state index contributed by atoms with van der Waals surface area (Å²) in [7, 11) is 0. The summed E-state index contributed by atoms with van der Waals surface area (Å²) >= 11 is 0. The van der Waals surface area contributed by atoms with Crippen molar-refractivity contribution in [1.82, 2.24) is 19.9 Å². The second-order valence-corrected chi connectivity index (χ2v) is 5.01. The average molecular weight is 276 g/mol. The highest BCUT2D eigenvalue weighted by Gasteiger charge is 2.21. The molecule has 2 heterocycles. The van der Waals surface area contributed by atoms with Crippen LogP contribution in [0.4, 0.5) is 0 Å². The number of carbonyl (C=O) groups excluding carboxylic acids is 1. The monoisotopic (exact) mass is 276 g/mol. The van der Waals surface area contributed by atoms with Crippen molar-refractivity contribution in [3.8, 4) is 0 Å². The van der Waals surface area contributed by atoms with Crippen molar-refractivity contribution in [2.24, 2.45) is 5.92 Å². The number of hydrogen-bond donors (Lipinski definition) is 2. The highest BCUT2D eigenvalue weighted by Crippen LogP contribution is 2.08. The second-order valence-electron chi connectivity index (χ2n) is 5.01. The molecule has 1 amide bonds. The Kier molecular flexibility index (Phi) is 3.97. The molecule has 20 heavy (non-hydrogen) atoms. The fourth-order valence-corrected chi connectivity index (χ4v) is 1.90. The van der Waals surface area contributed by atoms with Crippen molar-refractivity contribution in [2.45, 2.75) is 26.3 Å². The van der Waals surface area contributed by atoms with E-state index in [1.807, 2.05) is 13.8 Å². The lowest BCUT2D eigenvalue weighted by molar-refractivity contribution is -0.139. The van der Waals surface area contributed by atoms with Gasteiger partial charge >= 0.3 is 5.97 Å². The quantitative estimate of drug-likeness (QED) is 0.847. The maximum atomic E-state index is 12.1. The Balaban J connectivity index is 2.15. The molecule has 0 unspecified atom stereocenters. The van der Waals surface area contributed by atoms with E-state index in [1.54, 1.807) is 22.7 Å². The first-order valence-electron chi connectivity index (χ1n) is 6.30. The first-order valence-corrected chi connectivity index (χ1v) is 6.30. The lowest BCUT2D eigenvalue weighted by atomic mass is 10.0. The largest absolute Gasteiger partial charge is 0.480 e. The summed E-state index contributed by atoms with van der Waals surface area (Å²) < 4.78 is 1.60. The Hall–Kier alpha value is -2.44. The molecule has 0 aliphatic heterocycles. The van der Waals surface area contributed by atoms with Crippen LogP contribution >= 0.6 is 0 Å². The van der Waals surface area contributed by atoms with E-state index in [1.165, 1.54) is 6.33 Å². The number of rotatable bonds is 5. The number of aromatic nitrogens is 3. The van der Waals surface area contributed by atoms with Gasteiger partial charge in [0.25, 0.3) is 5.91 Å². The van der Waals surface area contributed by atoms with Crippen molar-refractivity contribution >= 4 is 17.5 Å². The Bertz CT molecular complexity index is 635. The molecule has 1 atom stereocenters. The summed E-state index contributed by atoms with van der Waals surface area (Å²) in [6.45, 7) is 3.82. The minimum absolute atomic E-state index is 0.178. The van der Waals surface area contributed by atoms with Crippen LogP contribution in [0.25, 0.3) is 5.65 Å². The Morgan fingerprint density at radius 2 is 2.15 bits per heavy atom. The molecule has 0 aliphatic rings. The smallest absolute Gasteiger partial charge is 0.326 e. The maximum Gasteiger partial charge on any atom is 0.326 e. The first kappa shape index (κ1) is 14.0. The highest BCUT2D eigenvalue weighted by atomic mass is 16.4. The van der Waals surface area contributed by atoms with Gasteiger partial charge in [0.15, 0.2) is 5.65 Å². The number of carboxylic acid groups (broad SMARTS) is 1. The van der Waals surface area contributed by atoms with Crippen LogP contribution in [0.1, 0.15) is 30.6 Å². The molecule has 2 rings (SSSR count). The van der Waals surface area contributed by atoms with Gasteiger partial charge in [-0.05, 0) is 24.5 Å². The molecule has 0 bridgehead atoms. The molecule has 2 aromatic rings. The molecule has 0 aliphatic carbocycles. The van der Waals surface area contributed by atoms with Crippen molar-refractivity contribution < 1.29 is 14.7 Å². The molecule has 2 N–H and O–H groups in total. The SMILES string of the molecule is CC(C)C[C@@H](NC(=O)c1ccc2nncn2c1)C(=O)O. The van der Waals surface area contributed by atoms with Crippen molar-refractivity contribution in [1.29, 1.82) is 0 Å². The van der Waals surface area contributed by atoms with E-state index in [4.69, 9.17) is 5.11 Å². The van der Waals surface area contributed by atoms with E-state index >= 15 is 0 Å². The molecule has 0 radical (unpaired) electrons. The number of fused-ring (bicyclic) bond motifs is 1. The topological polar surface area (TPSA) is 96.6 Å². The predicted molar refractivity (Wildman–Crippen MR) is 71.3 cm³/mol. The van der Waals surface area contributed by atoms with Gasteiger partial charge in [-0.2, -0.15) is 0 Å². The number of carboxylic acids is 1. The Morgan fingerprint density at radius 3 is 2.80 bits per heavy atom. The average Bonchev–Trinajstić information content (AvgIpc) is 2.84. The summed E-state index contributed by atoms with van der Waals surface area (Å²) in [6.07, 6.45) is 3.43. The van der Waals surface area contributed by atoms with Crippen LogP contribution in [0.2, 0.25) is 0 Å². The third-order valence-corrected chi connectivity index (χ3v) is 2.86. The van der Waals surface area contributed by atoms with E-state index in [-0.39, 0.29) is 5.92 Å². The lowest BCUT2D eigenvalue weighted by Gasteiger charge is -2.16. The minimum Gasteiger partial charge on any atom is -0.480 e. The number of hydrogen-bond acceptors (Lipinski definition) is 4. The number of amides is 1. The maximum absolute atomic E-state index is 12.1. The van der Waals surface area contributed by atoms with Gasteiger partial charge in [-0.25, -0.2) is 4.79 Å². The van der Waals surface area contributed by atoms with Crippen LogP contribution in [0, 0.1) is 5.92 Å². The zero-order chi connectivity index (χ0) is 14.7. The molecule has 0 saturated heterocycles. The molecule has 0 spiro atoms. The Labute approximate surface area is 115 Å². The van der Waals surface area contributed by atoms with E-state index in [0.717, 1.165) is 0 Å². The van der Waals surface area contributed by atoms with Crippen molar-refractivity contribution in [3.05, 3.63) is 30.2 Å². The highest BCUT2D eigenvalue weighted by molar-refractivity contribution is 5.96. The summed E-state index contributed by atoms with van der Waals surface area (Å²) in [5.74, 6) is -1.28. The Morgan fingerprint density at radius 1 is 1.40 bits per heavy atom. The lowest BCUT2D eigenvalue weighted by Crippen LogP contribution is -2.41. The molecule has 0 saturated carbocycles. The molecule has 7 heteroatoms. The van der Waals surface area contributed by atoms with Gasteiger partial charge in [-0.3, -0.25) is 9.20 Å². The van der Waals surface area contributed by atoms with E-state index in [2.05, 4.69) is 15.5 Å². The number of nitrogens with zero attached hydrogens (tertiary/aromatic N) is 3.